The number of amides is 1. The summed E-state index contributed by atoms with van der Waals surface area (Å²) in [4.78, 5) is 16.8. The van der Waals surface area contributed by atoms with Crippen molar-refractivity contribution in [3.8, 4) is 0 Å². The topological polar surface area (TPSA) is 63.5 Å². The van der Waals surface area contributed by atoms with Gasteiger partial charge in [0.2, 0.25) is 5.91 Å². The Morgan fingerprint density at radius 1 is 1.33 bits per heavy atom. The first kappa shape index (κ1) is 20.3. The van der Waals surface area contributed by atoms with E-state index < -0.39 is 0 Å². The molecule has 1 aromatic rings. The van der Waals surface area contributed by atoms with Gasteiger partial charge in [-0.05, 0) is 32.6 Å². The fraction of sp³-hybridized carbons (Fsp3) is 0.850. The zero-order valence-electron chi connectivity index (χ0n) is 17.4. The molecule has 0 spiro atoms. The summed E-state index contributed by atoms with van der Waals surface area (Å²) in [5, 5.41) is 8.77. The van der Waals surface area contributed by atoms with Crippen LogP contribution in [0, 0.1) is 5.92 Å². The minimum Gasteiger partial charge on any atom is -0.373 e. The van der Waals surface area contributed by atoms with Crippen LogP contribution in [0.1, 0.15) is 65.1 Å². The van der Waals surface area contributed by atoms with Gasteiger partial charge >= 0.3 is 0 Å². The molecule has 152 valence electrons. The van der Waals surface area contributed by atoms with Gasteiger partial charge in [-0.15, -0.1) is 5.10 Å². The Labute approximate surface area is 163 Å². The van der Waals surface area contributed by atoms with Crippen molar-refractivity contribution in [2.24, 2.45) is 5.92 Å². The van der Waals surface area contributed by atoms with Gasteiger partial charge in [-0.1, -0.05) is 25.5 Å². The quantitative estimate of drug-likeness (QED) is 0.762. The fourth-order valence-electron chi connectivity index (χ4n) is 3.99. The molecule has 27 heavy (non-hydrogen) atoms. The molecular formula is C20H35N5O2. The van der Waals surface area contributed by atoms with Crippen LogP contribution >= 0.6 is 0 Å². The maximum atomic E-state index is 12.4. The fourth-order valence-corrected chi connectivity index (χ4v) is 3.99. The van der Waals surface area contributed by atoms with Crippen molar-refractivity contribution < 1.29 is 9.53 Å². The summed E-state index contributed by atoms with van der Waals surface area (Å²) in [6, 6.07) is 0.347. The zero-order chi connectivity index (χ0) is 19.4. The number of morpholine rings is 1. The molecule has 0 radical (unpaired) electrons. The number of ether oxygens (including phenoxy) is 1. The molecule has 1 atom stereocenters. The number of piperidine rings is 1. The Balaban J connectivity index is 1.49. The van der Waals surface area contributed by atoms with E-state index in [2.05, 4.69) is 49.1 Å². The van der Waals surface area contributed by atoms with Crippen LogP contribution in [0.15, 0.2) is 6.20 Å². The Bertz CT molecular complexity index is 622. The maximum Gasteiger partial charge on any atom is 0.222 e. The van der Waals surface area contributed by atoms with Crippen molar-refractivity contribution in [3.05, 3.63) is 11.9 Å². The van der Waals surface area contributed by atoms with Crippen molar-refractivity contribution in [3.63, 3.8) is 0 Å². The first-order valence-corrected chi connectivity index (χ1v) is 10.4. The van der Waals surface area contributed by atoms with E-state index in [0.717, 1.165) is 64.3 Å². The second-order valence-electron chi connectivity index (χ2n) is 8.84. The molecule has 0 saturated carbocycles. The van der Waals surface area contributed by atoms with E-state index in [9.17, 15) is 4.79 Å². The summed E-state index contributed by atoms with van der Waals surface area (Å²) >= 11 is 0. The number of hydrogen-bond donors (Lipinski definition) is 0. The Kier molecular flexibility index (Phi) is 6.52. The van der Waals surface area contributed by atoms with E-state index in [-0.39, 0.29) is 5.60 Å². The normalized spacial score (nSPS) is 22.7. The number of hydrogen-bond acceptors (Lipinski definition) is 5. The third-order valence-electron chi connectivity index (χ3n) is 5.86. The van der Waals surface area contributed by atoms with E-state index in [0.29, 0.717) is 24.3 Å². The molecule has 2 aliphatic rings. The average Bonchev–Trinajstić information content (AvgIpc) is 3.09. The van der Waals surface area contributed by atoms with Gasteiger partial charge in [-0.3, -0.25) is 9.69 Å². The third-order valence-corrected chi connectivity index (χ3v) is 5.86. The van der Waals surface area contributed by atoms with Crippen molar-refractivity contribution in [1.29, 1.82) is 0 Å². The van der Waals surface area contributed by atoms with Crippen molar-refractivity contribution >= 4 is 5.91 Å². The van der Waals surface area contributed by atoms with E-state index in [1.807, 2.05) is 9.58 Å². The largest absolute Gasteiger partial charge is 0.373 e. The second kappa shape index (κ2) is 8.69. The van der Waals surface area contributed by atoms with Gasteiger partial charge in [0, 0.05) is 39.1 Å². The minimum absolute atomic E-state index is 0.0944. The number of carbonyl (C=O) groups excluding carboxylic acids is 1. The zero-order valence-corrected chi connectivity index (χ0v) is 17.4. The summed E-state index contributed by atoms with van der Waals surface area (Å²) in [6.07, 6.45) is 5.73. The molecule has 1 aromatic heterocycles. The van der Waals surface area contributed by atoms with Crippen LogP contribution in [0.2, 0.25) is 0 Å². The molecular weight excluding hydrogens is 342 g/mol. The van der Waals surface area contributed by atoms with Gasteiger partial charge in [0.05, 0.1) is 30.1 Å². The third kappa shape index (κ3) is 5.51. The van der Waals surface area contributed by atoms with Crippen LogP contribution in [0.25, 0.3) is 0 Å². The van der Waals surface area contributed by atoms with Gasteiger partial charge in [0.1, 0.15) is 0 Å². The summed E-state index contributed by atoms with van der Waals surface area (Å²) in [5.74, 6) is 0.773. The smallest absolute Gasteiger partial charge is 0.222 e. The summed E-state index contributed by atoms with van der Waals surface area (Å²) in [5.41, 5.74) is 0.922. The lowest BCUT2D eigenvalue weighted by Crippen LogP contribution is -2.47. The number of nitrogens with zero attached hydrogens (tertiary/aromatic N) is 5. The van der Waals surface area contributed by atoms with Gasteiger partial charge in [0.15, 0.2) is 0 Å². The lowest BCUT2D eigenvalue weighted by molar-refractivity contribution is -0.133. The van der Waals surface area contributed by atoms with Crippen LogP contribution in [0.4, 0.5) is 0 Å². The molecule has 0 N–H and O–H groups in total. The number of aromatic nitrogens is 3. The highest BCUT2D eigenvalue weighted by atomic mass is 16.5. The van der Waals surface area contributed by atoms with E-state index in [1.54, 1.807) is 0 Å². The highest BCUT2D eigenvalue weighted by molar-refractivity contribution is 5.76. The monoisotopic (exact) mass is 377 g/mol. The molecule has 7 heteroatoms. The molecule has 3 rings (SSSR count). The molecule has 3 heterocycles. The molecule has 2 fully saturated rings. The van der Waals surface area contributed by atoms with Crippen molar-refractivity contribution in [1.82, 2.24) is 24.8 Å². The van der Waals surface area contributed by atoms with Gasteiger partial charge < -0.3 is 9.64 Å². The highest BCUT2D eigenvalue weighted by Gasteiger charge is 2.28. The van der Waals surface area contributed by atoms with Gasteiger partial charge in [0.25, 0.3) is 0 Å². The predicted molar refractivity (Wildman–Crippen MR) is 104 cm³/mol. The van der Waals surface area contributed by atoms with Gasteiger partial charge in [-0.25, -0.2) is 4.68 Å². The van der Waals surface area contributed by atoms with E-state index in [4.69, 9.17) is 4.74 Å². The van der Waals surface area contributed by atoms with Crippen molar-refractivity contribution in [2.75, 3.05) is 32.8 Å². The summed E-state index contributed by atoms with van der Waals surface area (Å²) < 4.78 is 7.79. The molecule has 2 saturated heterocycles. The molecule has 0 aliphatic carbocycles. The number of carbonyl (C=O) groups is 1. The predicted octanol–water partition coefficient (Wildman–Crippen LogP) is 2.49. The average molecular weight is 378 g/mol. The lowest BCUT2D eigenvalue weighted by Gasteiger charge is -2.37. The highest BCUT2D eigenvalue weighted by Crippen LogP contribution is 2.24. The first-order chi connectivity index (χ1) is 12.9. The van der Waals surface area contributed by atoms with Crippen LogP contribution in [0.3, 0.4) is 0 Å². The molecule has 2 aliphatic heterocycles. The van der Waals surface area contributed by atoms with Crippen LogP contribution in [-0.4, -0.2) is 69.1 Å². The maximum absolute atomic E-state index is 12.4. The SMILES string of the molecule is CCC(C)CC(=O)N1CCC(n2cc(CN3CCOC(C)(C)C3)nn2)CC1. The minimum atomic E-state index is -0.0944. The summed E-state index contributed by atoms with van der Waals surface area (Å²) in [6.45, 7) is 13.6. The first-order valence-electron chi connectivity index (χ1n) is 10.4. The van der Waals surface area contributed by atoms with Crippen LogP contribution in [0.5, 0.6) is 0 Å². The van der Waals surface area contributed by atoms with Crippen LogP contribution < -0.4 is 0 Å². The van der Waals surface area contributed by atoms with Crippen LogP contribution in [-0.2, 0) is 16.1 Å². The van der Waals surface area contributed by atoms with Gasteiger partial charge in [-0.2, -0.15) is 0 Å². The molecule has 1 amide bonds. The van der Waals surface area contributed by atoms with E-state index in [1.165, 1.54) is 0 Å². The molecule has 1 unspecified atom stereocenters. The second-order valence-corrected chi connectivity index (χ2v) is 8.84. The van der Waals surface area contributed by atoms with Crippen molar-refractivity contribution in [2.45, 2.75) is 71.6 Å². The standard InChI is InChI=1S/C20H35N5O2/c1-5-16(2)12-19(26)24-8-6-18(7-9-24)25-14-17(21-22-25)13-23-10-11-27-20(3,4)15-23/h14,16,18H,5-13,15H2,1-4H3. The molecule has 0 bridgehead atoms. The summed E-state index contributed by atoms with van der Waals surface area (Å²) in [7, 11) is 0. The lowest BCUT2D eigenvalue weighted by atomic mass is 10.0. The number of likely N-dealkylation sites (tertiary alicyclic amines) is 1. The Morgan fingerprint density at radius 3 is 2.74 bits per heavy atom. The molecule has 0 aromatic carbocycles. The Hall–Kier alpha value is -1.47. The molecule has 7 nitrogen and oxygen atoms in total. The van der Waals surface area contributed by atoms with E-state index >= 15 is 0 Å². The number of rotatable bonds is 6. The Morgan fingerprint density at radius 2 is 2.07 bits per heavy atom.